The Morgan fingerprint density at radius 1 is 1.39 bits per heavy atom. The van der Waals surface area contributed by atoms with Crippen molar-refractivity contribution < 1.29 is 14.3 Å². The van der Waals surface area contributed by atoms with Gasteiger partial charge in [0.2, 0.25) is 0 Å². The molecule has 96 valence electrons. The molecule has 0 radical (unpaired) electrons. The average Bonchev–Trinajstić information content (AvgIpc) is 2.81. The van der Waals surface area contributed by atoms with Crippen molar-refractivity contribution in [3.63, 3.8) is 0 Å². The maximum atomic E-state index is 12.3. The lowest BCUT2D eigenvalue weighted by molar-refractivity contribution is -0.151. The van der Waals surface area contributed by atoms with Crippen molar-refractivity contribution in [2.24, 2.45) is 5.92 Å². The molecule has 3 nitrogen and oxygen atoms in total. The van der Waals surface area contributed by atoms with Gasteiger partial charge in [-0.15, -0.1) is 0 Å². The van der Waals surface area contributed by atoms with Crippen molar-refractivity contribution >= 4 is 11.8 Å². The third-order valence-corrected chi connectivity index (χ3v) is 3.54. The minimum atomic E-state index is -0.666. The molecular formula is C15H18O3. The van der Waals surface area contributed by atoms with Crippen LogP contribution in [0.3, 0.4) is 0 Å². The highest BCUT2D eigenvalue weighted by Gasteiger charge is 2.34. The molecule has 1 aliphatic rings. The van der Waals surface area contributed by atoms with Gasteiger partial charge < -0.3 is 4.74 Å². The predicted octanol–water partition coefficient (Wildman–Crippen LogP) is 2.48. The molecule has 0 spiro atoms. The molecule has 0 saturated carbocycles. The number of ether oxygens (including phenoxy) is 1. The van der Waals surface area contributed by atoms with E-state index in [4.69, 9.17) is 4.74 Å². The highest BCUT2D eigenvalue weighted by molar-refractivity contribution is 6.02. The molecule has 1 aromatic rings. The van der Waals surface area contributed by atoms with Gasteiger partial charge in [-0.05, 0) is 37.8 Å². The van der Waals surface area contributed by atoms with Gasteiger partial charge in [-0.1, -0.05) is 24.3 Å². The van der Waals surface area contributed by atoms with Gasteiger partial charge >= 0.3 is 5.97 Å². The van der Waals surface area contributed by atoms with Crippen molar-refractivity contribution in [3.8, 4) is 0 Å². The van der Waals surface area contributed by atoms with Crippen LogP contribution in [0.1, 0.15) is 37.3 Å². The van der Waals surface area contributed by atoms with Gasteiger partial charge in [-0.3, -0.25) is 9.59 Å². The molecule has 0 amide bonds. The third kappa shape index (κ3) is 2.30. The summed E-state index contributed by atoms with van der Waals surface area (Å²) in [5, 5.41) is 0. The second-order valence-corrected chi connectivity index (χ2v) is 4.67. The number of rotatable bonds is 4. The molecule has 0 fully saturated rings. The summed E-state index contributed by atoms with van der Waals surface area (Å²) in [4.78, 5) is 23.9. The maximum absolute atomic E-state index is 12.3. The molecule has 0 bridgehead atoms. The lowest BCUT2D eigenvalue weighted by Gasteiger charge is -2.15. The van der Waals surface area contributed by atoms with Crippen molar-refractivity contribution in [1.82, 2.24) is 0 Å². The Kier molecular flexibility index (Phi) is 3.80. The lowest BCUT2D eigenvalue weighted by Crippen LogP contribution is -2.27. The first-order valence-corrected chi connectivity index (χ1v) is 6.43. The van der Waals surface area contributed by atoms with E-state index in [-0.39, 0.29) is 11.7 Å². The molecule has 18 heavy (non-hydrogen) atoms. The van der Waals surface area contributed by atoms with Gasteiger partial charge in [-0.2, -0.15) is 0 Å². The first kappa shape index (κ1) is 12.8. The molecule has 0 N–H and O–H groups in total. The summed E-state index contributed by atoms with van der Waals surface area (Å²) >= 11 is 0. The van der Waals surface area contributed by atoms with E-state index in [9.17, 15) is 9.59 Å². The quantitative estimate of drug-likeness (QED) is 0.605. The number of benzene rings is 1. The number of esters is 1. The van der Waals surface area contributed by atoms with E-state index in [0.717, 1.165) is 18.4 Å². The molecule has 2 rings (SSSR count). The Morgan fingerprint density at radius 3 is 2.83 bits per heavy atom. The zero-order valence-corrected chi connectivity index (χ0v) is 10.8. The number of carbonyl (C=O) groups is 2. The zero-order chi connectivity index (χ0) is 13.1. The molecule has 0 heterocycles. The first-order valence-electron chi connectivity index (χ1n) is 6.43. The number of Topliss-reactive ketones (excluding diaryl/α,β-unsaturated/α-hetero) is 1. The molecule has 3 heteroatoms. The van der Waals surface area contributed by atoms with Gasteiger partial charge in [0, 0.05) is 5.92 Å². The second-order valence-electron chi connectivity index (χ2n) is 4.67. The maximum Gasteiger partial charge on any atom is 0.316 e. The molecule has 0 aliphatic heterocycles. The van der Waals surface area contributed by atoms with E-state index in [1.54, 1.807) is 13.8 Å². The number of ketones is 1. The van der Waals surface area contributed by atoms with E-state index in [2.05, 4.69) is 6.07 Å². The summed E-state index contributed by atoms with van der Waals surface area (Å²) < 4.78 is 4.91. The monoisotopic (exact) mass is 246 g/mol. The molecule has 0 saturated heterocycles. The van der Waals surface area contributed by atoms with Gasteiger partial charge in [0.25, 0.3) is 0 Å². The molecule has 1 aliphatic carbocycles. The zero-order valence-electron chi connectivity index (χ0n) is 10.8. The van der Waals surface area contributed by atoms with Crippen molar-refractivity contribution in [2.75, 3.05) is 6.61 Å². The van der Waals surface area contributed by atoms with Crippen molar-refractivity contribution in [1.29, 1.82) is 0 Å². The lowest BCUT2D eigenvalue weighted by atomic mass is 9.89. The first-order chi connectivity index (χ1) is 8.65. The molecule has 0 aromatic heterocycles. The van der Waals surface area contributed by atoms with Crippen molar-refractivity contribution in [3.05, 3.63) is 35.4 Å². The summed E-state index contributed by atoms with van der Waals surface area (Å²) in [6, 6.07) is 7.97. The van der Waals surface area contributed by atoms with Crippen LogP contribution in [0.5, 0.6) is 0 Å². The van der Waals surface area contributed by atoms with Crippen molar-refractivity contribution in [2.45, 2.75) is 32.6 Å². The number of carbonyl (C=O) groups excluding carboxylic acids is 2. The van der Waals surface area contributed by atoms with Gasteiger partial charge in [0.1, 0.15) is 5.92 Å². The van der Waals surface area contributed by atoms with Gasteiger partial charge in [0.15, 0.2) is 5.78 Å². The van der Waals surface area contributed by atoms with E-state index >= 15 is 0 Å². The topological polar surface area (TPSA) is 43.4 Å². The summed E-state index contributed by atoms with van der Waals surface area (Å²) in [7, 11) is 0. The Balaban J connectivity index is 2.14. The molecule has 2 atom stereocenters. The Hall–Kier alpha value is -1.64. The fourth-order valence-corrected chi connectivity index (χ4v) is 2.54. The largest absolute Gasteiger partial charge is 0.465 e. The van der Waals surface area contributed by atoms with Crippen LogP contribution in [0.15, 0.2) is 24.3 Å². The summed E-state index contributed by atoms with van der Waals surface area (Å²) in [6.07, 6.45) is 1.73. The van der Waals surface area contributed by atoms with E-state index < -0.39 is 11.9 Å². The smallest absolute Gasteiger partial charge is 0.316 e. The fourth-order valence-electron chi connectivity index (χ4n) is 2.54. The summed E-state index contributed by atoms with van der Waals surface area (Å²) in [5.74, 6) is -1.23. The predicted molar refractivity (Wildman–Crippen MR) is 68.3 cm³/mol. The normalized spacial score (nSPS) is 19.1. The van der Waals surface area contributed by atoms with Crippen LogP contribution in [0, 0.1) is 5.92 Å². The third-order valence-electron chi connectivity index (χ3n) is 3.54. The second kappa shape index (κ2) is 5.34. The Morgan fingerprint density at radius 2 is 2.11 bits per heavy atom. The highest BCUT2D eigenvalue weighted by Crippen LogP contribution is 2.35. The van der Waals surface area contributed by atoms with Crippen LogP contribution in [0.25, 0.3) is 0 Å². The minimum absolute atomic E-state index is 0.0154. The van der Waals surface area contributed by atoms with Crippen LogP contribution in [0.2, 0.25) is 0 Å². The highest BCUT2D eigenvalue weighted by atomic mass is 16.5. The average molecular weight is 246 g/mol. The molecule has 1 aromatic carbocycles. The number of fused-ring (bicyclic) bond motifs is 1. The fraction of sp³-hybridized carbons (Fsp3) is 0.467. The molecule has 2 unspecified atom stereocenters. The van der Waals surface area contributed by atoms with Crippen LogP contribution in [-0.2, 0) is 20.7 Å². The Labute approximate surface area is 107 Å². The molecular weight excluding hydrogens is 228 g/mol. The Bertz CT molecular complexity index is 465. The minimum Gasteiger partial charge on any atom is -0.465 e. The van der Waals surface area contributed by atoms with E-state index in [0.29, 0.717) is 6.61 Å². The van der Waals surface area contributed by atoms with Crippen LogP contribution >= 0.6 is 0 Å². The van der Waals surface area contributed by atoms with Gasteiger partial charge in [-0.25, -0.2) is 0 Å². The van der Waals surface area contributed by atoms with Crippen LogP contribution < -0.4 is 0 Å². The number of hydrogen-bond donors (Lipinski definition) is 0. The van der Waals surface area contributed by atoms with Crippen LogP contribution in [0.4, 0.5) is 0 Å². The van der Waals surface area contributed by atoms with Crippen LogP contribution in [-0.4, -0.2) is 18.4 Å². The SMILES string of the molecule is CCOC(=O)C(C)C(=O)C1CCc2ccccc21. The summed E-state index contributed by atoms with van der Waals surface area (Å²) in [5.41, 5.74) is 2.31. The standard InChI is InChI=1S/C15H18O3/c1-3-18-15(17)10(2)14(16)13-9-8-11-6-4-5-7-12(11)13/h4-7,10,13H,3,8-9H2,1-2H3. The van der Waals surface area contributed by atoms with E-state index in [1.165, 1.54) is 5.56 Å². The number of hydrogen-bond acceptors (Lipinski definition) is 3. The number of aryl methyl sites for hydroxylation is 1. The van der Waals surface area contributed by atoms with E-state index in [1.807, 2.05) is 18.2 Å². The van der Waals surface area contributed by atoms with Gasteiger partial charge in [0.05, 0.1) is 6.61 Å². The summed E-state index contributed by atoms with van der Waals surface area (Å²) in [6.45, 7) is 3.71.